The maximum Gasteiger partial charge on any atom is 0.451 e. The third kappa shape index (κ3) is 1.86. The topological polar surface area (TPSA) is 66.6 Å². The van der Waals surface area contributed by atoms with Gasteiger partial charge in [-0.05, 0) is 17.7 Å². The summed E-state index contributed by atoms with van der Waals surface area (Å²) in [5, 5.41) is 8.73. The lowest BCUT2D eigenvalue weighted by atomic mass is 10.0. The van der Waals surface area contributed by atoms with Gasteiger partial charge in [-0.25, -0.2) is 14.4 Å². The molecule has 8 heteroatoms. The van der Waals surface area contributed by atoms with Crippen LogP contribution in [0.15, 0.2) is 18.3 Å². The summed E-state index contributed by atoms with van der Waals surface area (Å²) in [6, 6.07) is 3.49. The molecule has 0 unspecified atom stereocenters. The molecule has 3 rings (SSSR count). The predicted molar refractivity (Wildman–Crippen MR) is 60.6 cm³/mol. The van der Waals surface area contributed by atoms with Crippen LogP contribution < -0.4 is 0 Å². The number of hydrogen-bond acceptors (Lipinski definition) is 4. The van der Waals surface area contributed by atoms with E-state index in [1.807, 2.05) is 0 Å². The zero-order valence-electron chi connectivity index (χ0n) is 9.99. The molecular weight excluding hydrogens is 290 g/mol. The SMILES string of the molecule is N#Cc1cc2c(cc1F)-c1cnc(C(F)(F)F)nc1C2=O. The largest absolute Gasteiger partial charge is 0.451 e. The zero-order chi connectivity index (χ0) is 15.4. The Morgan fingerprint density at radius 2 is 1.86 bits per heavy atom. The van der Waals surface area contributed by atoms with Crippen molar-refractivity contribution in [1.29, 1.82) is 5.26 Å². The van der Waals surface area contributed by atoms with E-state index in [1.165, 1.54) is 0 Å². The number of halogens is 4. The van der Waals surface area contributed by atoms with E-state index < -0.39 is 29.3 Å². The van der Waals surface area contributed by atoms with Gasteiger partial charge in [0.05, 0.1) is 5.56 Å². The highest BCUT2D eigenvalue weighted by Crippen LogP contribution is 2.38. The van der Waals surface area contributed by atoms with Gasteiger partial charge >= 0.3 is 6.18 Å². The van der Waals surface area contributed by atoms with Gasteiger partial charge in [0.15, 0.2) is 0 Å². The summed E-state index contributed by atoms with van der Waals surface area (Å²) in [5.41, 5.74) is -0.760. The average molecular weight is 293 g/mol. The first-order chi connectivity index (χ1) is 9.82. The highest BCUT2D eigenvalue weighted by atomic mass is 19.4. The van der Waals surface area contributed by atoms with Gasteiger partial charge in [-0.3, -0.25) is 4.79 Å². The van der Waals surface area contributed by atoms with Gasteiger partial charge in [-0.15, -0.1) is 0 Å². The van der Waals surface area contributed by atoms with Crippen LogP contribution in [0.25, 0.3) is 11.1 Å². The number of rotatable bonds is 0. The first-order valence-corrected chi connectivity index (χ1v) is 5.56. The summed E-state index contributed by atoms with van der Waals surface area (Å²) in [4.78, 5) is 18.4. The summed E-state index contributed by atoms with van der Waals surface area (Å²) in [5.74, 6) is -3.09. The molecule has 4 nitrogen and oxygen atoms in total. The van der Waals surface area contributed by atoms with Crippen molar-refractivity contribution in [2.24, 2.45) is 0 Å². The second-order valence-electron chi connectivity index (χ2n) is 4.27. The van der Waals surface area contributed by atoms with Crippen molar-refractivity contribution in [3.8, 4) is 17.2 Å². The van der Waals surface area contributed by atoms with Crippen molar-refractivity contribution in [3.05, 3.63) is 46.8 Å². The number of hydrogen-bond donors (Lipinski definition) is 0. The Labute approximate surface area is 114 Å². The maximum absolute atomic E-state index is 13.6. The Morgan fingerprint density at radius 3 is 2.48 bits per heavy atom. The maximum atomic E-state index is 13.6. The van der Waals surface area contributed by atoms with Crippen LogP contribution in [-0.4, -0.2) is 15.8 Å². The van der Waals surface area contributed by atoms with Gasteiger partial charge in [0, 0.05) is 17.3 Å². The molecule has 1 aromatic carbocycles. The Bertz CT molecular complexity index is 837. The first-order valence-electron chi connectivity index (χ1n) is 5.56. The van der Waals surface area contributed by atoms with E-state index >= 15 is 0 Å². The van der Waals surface area contributed by atoms with E-state index in [4.69, 9.17) is 5.26 Å². The Hall–Kier alpha value is -2.82. The third-order valence-corrected chi connectivity index (χ3v) is 3.02. The van der Waals surface area contributed by atoms with Crippen molar-refractivity contribution in [2.75, 3.05) is 0 Å². The minimum Gasteiger partial charge on any atom is -0.287 e. The second kappa shape index (κ2) is 4.09. The summed E-state index contributed by atoms with van der Waals surface area (Å²) in [6.45, 7) is 0. The highest BCUT2D eigenvalue weighted by molar-refractivity contribution is 6.20. The third-order valence-electron chi connectivity index (χ3n) is 3.02. The molecule has 0 saturated heterocycles. The normalized spacial score (nSPS) is 12.8. The van der Waals surface area contributed by atoms with Crippen molar-refractivity contribution in [1.82, 2.24) is 9.97 Å². The predicted octanol–water partition coefficient (Wildman–Crippen LogP) is 2.72. The van der Waals surface area contributed by atoms with Gasteiger partial charge in [0.1, 0.15) is 17.6 Å². The number of carbonyl (C=O) groups excluding carboxylic acids is 1. The fraction of sp³-hybridized carbons (Fsp3) is 0.0769. The van der Waals surface area contributed by atoms with Crippen molar-refractivity contribution in [3.63, 3.8) is 0 Å². The van der Waals surface area contributed by atoms with Crippen LogP contribution in [-0.2, 0) is 6.18 Å². The number of ketones is 1. The zero-order valence-corrected chi connectivity index (χ0v) is 9.99. The van der Waals surface area contributed by atoms with Gasteiger partial charge < -0.3 is 0 Å². The lowest BCUT2D eigenvalue weighted by molar-refractivity contribution is -0.145. The summed E-state index contributed by atoms with van der Waals surface area (Å²) in [7, 11) is 0. The van der Waals surface area contributed by atoms with Crippen LogP contribution in [0.5, 0.6) is 0 Å². The number of carbonyl (C=O) groups is 1. The molecule has 0 N–H and O–H groups in total. The molecule has 0 atom stereocenters. The Balaban J connectivity index is 2.24. The van der Waals surface area contributed by atoms with E-state index in [-0.39, 0.29) is 22.3 Å². The summed E-state index contributed by atoms with van der Waals surface area (Å²) >= 11 is 0. The van der Waals surface area contributed by atoms with Crippen molar-refractivity contribution < 1.29 is 22.4 Å². The monoisotopic (exact) mass is 293 g/mol. The molecule has 0 fully saturated rings. The number of alkyl halides is 3. The highest BCUT2D eigenvalue weighted by Gasteiger charge is 2.38. The molecular formula is C13H3F4N3O. The van der Waals surface area contributed by atoms with Crippen LogP contribution in [0.4, 0.5) is 17.6 Å². The molecule has 0 saturated carbocycles. The smallest absolute Gasteiger partial charge is 0.287 e. The van der Waals surface area contributed by atoms with Gasteiger partial charge in [0.2, 0.25) is 11.6 Å². The molecule has 1 heterocycles. The lowest BCUT2D eigenvalue weighted by Crippen LogP contribution is -2.13. The van der Waals surface area contributed by atoms with Gasteiger partial charge in [-0.2, -0.15) is 18.4 Å². The molecule has 1 aliphatic carbocycles. The van der Waals surface area contributed by atoms with E-state index in [0.717, 1.165) is 18.3 Å². The van der Waals surface area contributed by atoms with Crippen molar-refractivity contribution >= 4 is 5.78 Å². The molecule has 0 aliphatic heterocycles. The van der Waals surface area contributed by atoms with E-state index in [2.05, 4.69) is 9.97 Å². The number of nitrogens with zero attached hydrogens (tertiary/aromatic N) is 3. The first kappa shape index (κ1) is 13.2. The van der Waals surface area contributed by atoms with Crippen LogP contribution in [0.2, 0.25) is 0 Å². The van der Waals surface area contributed by atoms with Crippen LogP contribution >= 0.6 is 0 Å². The standard InChI is InChI=1S/C13H3F4N3O/c14-9-2-6-7(1-5(9)3-18)11(21)10-8(6)4-19-12(20-10)13(15,16)17/h1-2,4H. The second-order valence-corrected chi connectivity index (χ2v) is 4.27. The Kier molecular flexibility index (Phi) is 2.56. The molecule has 21 heavy (non-hydrogen) atoms. The number of aromatic nitrogens is 2. The minimum absolute atomic E-state index is 0.0198. The Morgan fingerprint density at radius 1 is 1.14 bits per heavy atom. The summed E-state index contributed by atoms with van der Waals surface area (Å²) < 4.78 is 51.2. The minimum atomic E-state index is -4.78. The molecule has 1 aliphatic rings. The van der Waals surface area contributed by atoms with Gasteiger partial charge in [0.25, 0.3) is 0 Å². The fourth-order valence-corrected chi connectivity index (χ4v) is 2.09. The number of fused-ring (bicyclic) bond motifs is 3. The number of benzene rings is 1. The van der Waals surface area contributed by atoms with Crippen LogP contribution in [0.1, 0.15) is 27.4 Å². The molecule has 1 aromatic heterocycles. The molecule has 0 spiro atoms. The van der Waals surface area contributed by atoms with Crippen molar-refractivity contribution in [2.45, 2.75) is 6.18 Å². The van der Waals surface area contributed by atoms with E-state index in [9.17, 15) is 22.4 Å². The van der Waals surface area contributed by atoms with Crippen LogP contribution in [0, 0.1) is 17.1 Å². The van der Waals surface area contributed by atoms with E-state index in [1.54, 1.807) is 6.07 Å². The van der Waals surface area contributed by atoms with E-state index in [0.29, 0.717) is 0 Å². The van der Waals surface area contributed by atoms with Gasteiger partial charge in [-0.1, -0.05) is 0 Å². The molecule has 104 valence electrons. The molecule has 0 amide bonds. The lowest BCUT2D eigenvalue weighted by Gasteiger charge is -2.05. The molecule has 0 bridgehead atoms. The average Bonchev–Trinajstić information content (AvgIpc) is 2.70. The quantitative estimate of drug-likeness (QED) is 0.598. The summed E-state index contributed by atoms with van der Waals surface area (Å²) in [6.07, 6.45) is -3.95. The van der Waals surface area contributed by atoms with Crippen LogP contribution in [0.3, 0.4) is 0 Å². The fourth-order valence-electron chi connectivity index (χ4n) is 2.09. The number of nitriles is 1. The molecule has 0 radical (unpaired) electrons. The molecule has 2 aromatic rings.